The third-order valence-electron chi connectivity index (χ3n) is 4.55. The Bertz CT molecular complexity index is 1210. The molecule has 0 spiro atoms. The van der Waals surface area contributed by atoms with Crippen LogP contribution in [0.1, 0.15) is 16.7 Å². The topological polar surface area (TPSA) is 115 Å². The lowest BCUT2D eigenvalue weighted by molar-refractivity contribution is -0.118. The lowest BCUT2D eigenvalue weighted by Crippen LogP contribution is -2.31. The number of carbonyl (C=O) groups excluding carboxylic acids is 1. The van der Waals surface area contributed by atoms with E-state index >= 15 is 0 Å². The van der Waals surface area contributed by atoms with Crippen LogP contribution >= 0.6 is 0 Å². The van der Waals surface area contributed by atoms with Crippen molar-refractivity contribution in [3.63, 3.8) is 0 Å². The zero-order valence-electron chi connectivity index (χ0n) is 16.6. The number of aromatic nitrogens is 1. The first kappa shape index (κ1) is 20.7. The second-order valence-corrected chi connectivity index (χ2v) is 9.04. The zero-order chi connectivity index (χ0) is 21.3. The summed E-state index contributed by atoms with van der Waals surface area (Å²) in [6, 6.07) is 10.1. The van der Waals surface area contributed by atoms with Gasteiger partial charge in [-0.25, -0.2) is 8.42 Å². The molecule has 0 atom stereocenters. The number of hydrogen-bond acceptors (Lipinski definition) is 5. The summed E-state index contributed by atoms with van der Waals surface area (Å²) in [4.78, 5) is 15.1. The van der Waals surface area contributed by atoms with Gasteiger partial charge >= 0.3 is 0 Å². The van der Waals surface area contributed by atoms with Crippen molar-refractivity contribution in [1.29, 1.82) is 0 Å². The van der Waals surface area contributed by atoms with Gasteiger partial charge in [-0.1, -0.05) is 29.3 Å². The van der Waals surface area contributed by atoms with Gasteiger partial charge in [0, 0.05) is 12.4 Å². The van der Waals surface area contributed by atoms with Crippen LogP contribution in [0.2, 0.25) is 0 Å². The quantitative estimate of drug-likeness (QED) is 0.619. The molecule has 0 radical (unpaired) electrons. The van der Waals surface area contributed by atoms with Gasteiger partial charge in [-0.3, -0.25) is 4.79 Å². The number of rotatable bonds is 5. The Hall–Kier alpha value is -3.04. The number of azo groups is 1. The molecule has 9 heteroatoms. The number of hydrogen-bond donors (Lipinski definition) is 2. The average Bonchev–Trinajstić information content (AvgIpc) is 2.96. The van der Waals surface area contributed by atoms with Crippen molar-refractivity contribution in [2.45, 2.75) is 25.7 Å². The molecule has 3 rings (SSSR count). The summed E-state index contributed by atoms with van der Waals surface area (Å²) in [5.41, 5.74) is 3.67. The van der Waals surface area contributed by atoms with E-state index in [-0.39, 0.29) is 16.5 Å². The number of sulfonamides is 1. The fourth-order valence-electron chi connectivity index (χ4n) is 3.03. The first-order chi connectivity index (χ1) is 13.6. The van der Waals surface area contributed by atoms with Crippen molar-refractivity contribution in [3.05, 3.63) is 53.1 Å². The smallest absolute Gasteiger partial charge is 0.279 e. The molecule has 2 aromatic carbocycles. The summed E-state index contributed by atoms with van der Waals surface area (Å²) in [6.45, 7) is 5.18. The summed E-state index contributed by atoms with van der Waals surface area (Å²) >= 11 is 0. The highest BCUT2D eigenvalue weighted by molar-refractivity contribution is 7.89. The summed E-state index contributed by atoms with van der Waals surface area (Å²) < 4.78 is 26.1. The summed E-state index contributed by atoms with van der Waals surface area (Å²) in [5, 5.41) is 18.2. The van der Waals surface area contributed by atoms with Crippen LogP contribution < -0.4 is 0 Å². The number of aromatic hydroxyl groups is 1. The Morgan fingerprint density at radius 1 is 1.10 bits per heavy atom. The molecular weight excluding hydrogens is 392 g/mol. The molecule has 0 bridgehead atoms. The van der Waals surface area contributed by atoms with Crippen LogP contribution in [-0.2, 0) is 14.8 Å². The van der Waals surface area contributed by atoms with Crippen molar-refractivity contribution in [3.8, 4) is 5.88 Å². The fraction of sp³-hybridized carbons (Fsp3) is 0.250. The van der Waals surface area contributed by atoms with Crippen LogP contribution in [0.5, 0.6) is 5.88 Å². The number of benzene rings is 2. The van der Waals surface area contributed by atoms with E-state index in [1.807, 2.05) is 32.9 Å². The lowest BCUT2D eigenvalue weighted by Gasteiger charge is -2.15. The zero-order valence-corrected chi connectivity index (χ0v) is 17.4. The highest BCUT2D eigenvalue weighted by Gasteiger charge is 2.23. The number of nitrogens with one attached hydrogen (secondary N) is 1. The van der Waals surface area contributed by atoms with Gasteiger partial charge in [0.05, 0.1) is 17.0 Å². The third-order valence-corrected chi connectivity index (χ3v) is 6.37. The van der Waals surface area contributed by atoms with E-state index in [0.29, 0.717) is 10.9 Å². The van der Waals surface area contributed by atoms with E-state index in [9.17, 15) is 18.3 Å². The van der Waals surface area contributed by atoms with Crippen LogP contribution in [0, 0.1) is 20.8 Å². The van der Waals surface area contributed by atoms with Crippen LogP contribution in [-0.4, -0.2) is 42.3 Å². The molecule has 0 fully saturated rings. The number of amides is 1. The number of fused-ring (bicyclic) bond motifs is 1. The molecule has 0 unspecified atom stereocenters. The predicted molar refractivity (Wildman–Crippen MR) is 110 cm³/mol. The molecule has 2 N–H and O–H groups in total. The molecule has 29 heavy (non-hydrogen) atoms. The van der Waals surface area contributed by atoms with E-state index < -0.39 is 22.5 Å². The van der Waals surface area contributed by atoms with E-state index in [1.165, 1.54) is 19.2 Å². The average molecular weight is 414 g/mol. The molecule has 1 amide bonds. The molecular formula is C20H22N4O4S. The summed E-state index contributed by atoms with van der Waals surface area (Å²) in [7, 11) is -2.52. The number of nitrogens with zero attached hydrogens (tertiary/aromatic N) is 3. The second kappa shape index (κ2) is 7.76. The van der Waals surface area contributed by atoms with Crippen LogP contribution in [0.15, 0.2) is 51.5 Å². The van der Waals surface area contributed by atoms with Gasteiger partial charge in [-0.15, -0.1) is 10.2 Å². The number of likely N-dealkylation sites (N-methyl/N-ethyl adjacent to an activating group) is 1. The molecule has 152 valence electrons. The fourth-order valence-corrected chi connectivity index (χ4v) is 4.15. The second-order valence-electron chi connectivity index (χ2n) is 6.99. The van der Waals surface area contributed by atoms with E-state index in [2.05, 4.69) is 15.2 Å². The normalized spacial score (nSPS) is 12.3. The summed E-state index contributed by atoms with van der Waals surface area (Å²) in [5.74, 6) is -0.952. The third kappa shape index (κ3) is 4.20. The minimum Gasteiger partial charge on any atom is -0.493 e. The van der Waals surface area contributed by atoms with E-state index in [4.69, 9.17) is 0 Å². The largest absolute Gasteiger partial charge is 0.493 e. The highest BCUT2D eigenvalue weighted by Crippen LogP contribution is 2.37. The minimum absolute atomic E-state index is 0.0931. The first-order valence-corrected chi connectivity index (χ1v) is 10.3. The Balaban J connectivity index is 1.80. The van der Waals surface area contributed by atoms with Crippen molar-refractivity contribution in [2.75, 3.05) is 13.6 Å². The van der Waals surface area contributed by atoms with Gasteiger partial charge in [0.1, 0.15) is 0 Å². The number of H-pyrrole nitrogens is 1. The maximum absolute atomic E-state index is 12.6. The van der Waals surface area contributed by atoms with Gasteiger partial charge < -0.3 is 10.1 Å². The monoisotopic (exact) mass is 414 g/mol. The van der Waals surface area contributed by atoms with Crippen LogP contribution in [0.3, 0.4) is 0 Å². The highest BCUT2D eigenvalue weighted by atomic mass is 32.2. The Morgan fingerprint density at radius 2 is 1.76 bits per heavy atom. The predicted octanol–water partition coefficient (Wildman–Crippen LogP) is 3.73. The summed E-state index contributed by atoms with van der Waals surface area (Å²) in [6.07, 6.45) is 0. The molecule has 0 aliphatic heterocycles. The number of carbonyl (C=O) groups is 1. The molecule has 8 nitrogen and oxygen atoms in total. The standard InChI is InChI=1S/C20H22N4O4S/c1-12-5-7-15(8-6-12)29(27,28)24(4)11-17(25)22-23-19-16-10-13(2)9-14(3)18(16)21-20(19)26/h5-10,21,26H,11H2,1-4H3. The molecule has 0 saturated carbocycles. The Labute approximate surface area is 168 Å². The van der Waals surface area contributed by atoms with Gasteiger partial charge in [-0.2, -0.15) is 4.31 Å². The van der Waals surface area contributed by atoms with Gasteiger partial charge in [0.25, 0.3) is 5.91 Å². The van der Waals surface area contributed by atoms with Crippen LogP contribution in [0.4, 0.5) is 5.69 Å². The molecule has 3 aromatic rings. The first-order valence-electron chi connectivity index (χ1n) is 8.89. The Kier molecular flexibility index (Phi) is 5.54. The van der Waals surface area contributed by atoms with E-state index in [1.54, 1.807) is 12.1 Å². The maximum Gasteiger partial charge on any atom is 0.279 e. The lowest BCUT2D eigenvalue weighted by atomic mass is 10.1. The van der Waals surface area contributed by atoms with Gasteiger partial charge in [0.15, 0.2) is 5.69 Å². The SMILES string of the molecule is Cc1ccc(S(=O)(=O)N(C)CC(=O)N=Nc2c(O)[nH]c3c(C)cc(C)cc23)cc1. The van der Waals surface area contributed by atoms with Gasteiger partial charge in [-0.05, 0) is 44.5 Å². The molecule has 1 heterocycles. The van der Waals surface area contributed by atoms with Crippen molar-refractivity contribution in [1.82, 2.24) is 9.29 Å². The molecule has 0 saturated heterocycles. The van der Waals surface area contributed by atoms with Crippen molar-refractivity contribution < 1.29 is 18.3 Å². The molecule has 1 aromatic heterocycles. The minimum atomic E-state index is -3.82. The number of aryl methyl sites for hydroxylation is 3. The van der Waals surface area contributed by atoms with E-state index in [0.717, 1.165) is 21.0 Å². The van der Waals surface area contributed by atoms with Gasteiger partial charge in [0.2, 0.25) is 15.9 Å². The number of aromatic amines is 1. The van der Waals surface area contributed by atoms with Crippen molar-refractivity contribution >= 4 is 32.5 Å². The maximum atomic E-state index is 12.6. The molecule has 0 aliphatic carbocycles. The van der Waals surface area contributed by atoms with Crippen LogP contribution in [0.25, 0.3) is 10.9 Å². The van der Waals surface area contributed by atoms with Crippen molar-refractivity contribution in [2.24, 2.45) is 10.2 Å². The molecule has 0 aliphatic rings. The Morgan fingerprint density at radius 3 is 2.41 bits per heavy atom.